The van der Waals surface area contributed by atoms with E-state index in [1.165, 1.54) is 30.8 Å². The lowest BCUT2D eigenvalue weighted by atomic mass is 10.1. The monoisotopic (exact) mass is 412 g/mol. The van der Waals surface area contributed by atoms with Crippen molar-refractivity contribution >= 4 is 23.2 Å². The molecule has 0 radical (unpaired) electrons. The van der Waals surface area contributed by atoms with Gasteiger partial charge in [0.1, 0.15) is 5.75 Å². The van der Waals surface area contributed by atoms with Crippen LogP contribution in [0.4, 0.5) is 5.69 Å². The molecule has 9 heteroatoms. The molecular formula is C20H20N4O4S. The summed E-state index contributed by atoms with van der Waals surface area (Å²) in [5.41, 5.74) is 0.986. The lowest BCUT2D eigenvalue weighted by Gasteiger charge is -2.12. The second-order valence-electron chi connectivity index (χ2n) is 6.08. The molecule has 0 aliphatic rings. The topological polar surface area (TPSA) is 100 Å². The molecule has 29 heavy (non-hydrogen) atoms. The molecule has 0 fully saturated rings. The van der Waals surface area contributed by atoms with Crippen LogP contribution in [-0.4, -0.2) is 32.1 Å². The van der Waals surface area contributed by atoms with E-state index in [1.54, 1.807) is 6.07 Å². The Labute approximate surface area is 172 Å². The molecule has 150 valence electrons. The van der Waals surface area contributed by atoms with Gasteiger partial charge in [-0.2, -0.15) is 0 Å². The van der Waals surface area contributed by atoms with Gasteiger partial charge in [0.25, 0.3) is 5.69 Å². The molecule has 1 heterocycles. The smallest absolute Gasteiger partial charge is 0.270 e. The quantitative estimate of drug-likeness (QED) is 0.302. The minimum Gasteiger partial charge on any atom is -0.493 e. The van der Waals surface area contributed by atoms with E-state index < -0.39 is 4.92 Å². The number of carbonyl (C=O) groups excluding carboxylic acids is 1. The zero-order valence-electron chi connectivity index (χ0n) is 16.3. The summed E-state index contributed by atoms with van der Waals surface area (Å²) in [7, 11) is 0. The normalized spacial score (nSPS) is 10.7. The molecule has 0 spiro atoms. The number of para-hydroxylation sites is 1. The number of benzene rings is 2. The van der Waals surface area contributed by atoms with Crippen molar-refractivity contribution in [2.24, 2.45) is 0 Å². The predicted molar refractivity (Wildman–Crippen MR) is 110 cm³/mol. The SMILES string of the molecule is CCOc1ccccc1-c1nnc(Sc2ccc([N+](=O)[O-])cc2C(C)=O)n1CC. The van der Waals surface area contributed by atoms with Gasteiger partial charge in [-0.25, -0.2) is 0 Å². The number of nitro groups is 1. The number of non-ortho nitro benzene ring substituents is 1. The van der Waals surface area contributed by atoms with Gasteiger partial charge < -0.3 is 9.30 Å². The average molecular weight is 412 g/mol. The first-order valence-corrected chi connectivity index (χ1v) is 9.90. The van der Waals surface area contributed by atoms with Crippen molar-refractivity contribution < 1.29 is 14.5 Å². The van der Waals surface area contributed by atoms with Crippen molar-refractivity contribution in [3.63, 3.8) is 0 Å². The van der Waals surface area contributed by atoms with E-state index in [0.29, 0.717) is 34.8 Å². The largest absolute Gasteiger partial charge is 0.493 e. The molecule has 2 aromatic carbocycles. The van der Waals surface area contributed by atoms with Crippen LogP contribution in [-0.2, 0) is 6.54 Å². The van der Waals surface area contributed by atoms with Gasteiger partial charge in [0.2, 0.25) is 0 Å². The fourth-order valence-electron chi connectivity index (χ4n) is 2.88. The van der Waals surface area contributed by atoms with E-state index in [4.69, 9.17) is 4.74 Å². The summed E-state index contributed by atoms with van der Waals surface area (Å²) in [5, 5.41) is 20.3. The summed E-state index contributed by atoms with van der Waals surface area (Å²) in [5.74, 6) is 1.12. The van der Waals surface area contributed by atoms with Gasteiger partial charge in [-0.1, -0.05) is 12.1 Å². The Kier molecular flexibility index (Phi) is 6.28. The third-order valence-corrected chi connectivity index (χ3v) is 5.28. The van der Waals surface area contributed by atoms with E-state index in [9.17, 15) is 14.9 Å². The van der Waals surface area contributed by atoms with E-state index >= 15 is 0 Å². The first-order chi connectivity index (χ1) is 14.0. The zero-order chi connectivity index (χ0) is 21.0. The highest BCUT2D eigenvalue weighted by Gasteiger charge is 2.20. The van der Waals surface area contributed by atoms with Gasteiger partial charge >= 0.3 is 0 Å². The highest BCUT2D eigenvalue weighted by Crippen LogP contribution is 2.35. The Balaban J connectivity index is 2.03. The minimum absolute atomic E-state index is 0.122. The minimum atomic E-state index is -0.516. The van der Waals surface area contributed by atoms with Crippen molar-refractivity contribution in [1.82, 2.24) is 14.8 Å². The van der Waals surface area contributed by atoms with Crippen LogP contribution in [0.25, 0.3) is 11.4 Å². The maximum atomic E-state index is 12.0. The number of nitro benzene ring substituents is 1. The molecule has 0 bridgehead atoms. The zero-order valence-corrected chi connectivity index (χ0v) is 17.1. The third-order valence-electron chi connectivity index (χ3n) is 4.22. The van der Waals surface area contributed by atoms with E-state index in [0.717, 1.165) is 5.56 Å². The molecule has 3 aromatic rings. The number of Topliss-reactive ketones (excluding diaryl/α,β-unsaturated/α-hetero) is 1. The van der Waals surface area contributed by atoms with Gasteiger partial charge in [-0.15, -0.1) is 10.2 Å². The van der Waals surface area contributed by atoms with Crippen LogP contribution in [0.1, 0.15) is 31.1 Å². The second kappa shape index (κ2) is 8.87. The maximum Gasteiger partial charge on any atom is 0.270 e. The van der Waals surface area contributed by atoms with Crippen LogP contribution >= 0.6 is 11.8 Å². The number of nitrogens with zero attached hydrogens (tertiary/aromatic N) is 4. The molecular weight excluding hydrogens is 392 g/mol. The average Bonchev–Trinajstić information content (AvgIpc) is 3.11. The molecule has 1 aromatic heterocycles. The van der Waals surface area contributed by atoms with Crippen LogP contribution < -0.4 is 4.74 Å². The molecule has 0 N–H and O–H groups in total. The fourth-order valence-corrected chi connectivity index (χ4v) is 3.93. The molecule has 0 unspecified atom stereocenters. The number of rotatable bonds is 8. The Morgan fingerprint density at radius 1 is 1.21 bits per heavy atom. The number of aromatic nitrogens is 3. The van der Waals surface area contributed by atoms with E-state index in [2.05, 4.69) is 10.2 Å². The van der Waals surface area contributed by atoms with Crippen molar-refractivity contribution in [3.8, 4) is 17.1 Å². The Morgan fingerprint density at radius 2 is 1.97 bits per heavy atom. The summed E-state index contributed by atoms with van der Waals surface area (Å²) in [6.07, 6.45) is 0. The molecule has 0 atom stereocenters. The molecule has 0 aliphatic heterocycles. The van der Waals surface area contributed by atoms with Crippen molar-refractivity contribution in [2.75, 3.05) is 6.61 Å². The first kappa shape index (κ1) is 20.5. The van der Waals surface area contributed by atoms with Gasteiger partial charge in [0.15, 0.2) is 16.8 Å². The van der Waals surface area contributed by atoms with Gasteiger partial charge in [-0.3, -0.25) is 14.9 Å². The Bertz CT molecular complexity index is 1060. The highest BCUT2D eigenvalue weighted by atomic mass is 32.2. The number of carbonyl (C=O) groups is 1. The maximum absolute atomic E-state index is 12.0. The Morgan fingerprint density at radius 3 is 2.62 bits per heavy atom. The predicted octanol–water partition coefficient (Wildman–Crippen LogP) is 4.63. The van der Waals surface area contributed by atoms with E-state index in [1.807, 2.05) is 42.7 Å². The molecule has 0 saturated heterocycles. The number of hydrogen-bond acceptors (Lipinski definition) is 7. The van der Waals surface area contributed by atoms with E-state index in [-0.39, 0.29) is 17.0 Å². The lowest BCUT2D eigenvalue weighted by molar-refractivity contribution is -0.384. The van der Waals surface area contributed by atoms with Gasteiger partial charge in [-0.05, 0) is 50.7 Å². The van der Waals surface area contributed by atoms with Crippen LogP contribution in [0.5, 0.6) is 5.75 Å². The van der Waals surface area contributed by atoms with Gasteiger partial charge in [0.05, 0.1) is 17.1 Å². The van der Waals surface area contributed by atoms with Crippen molar-refractivity contribution in [2.45, 2.75) is 37.4 Å². The van der Waals surface area contributed by atoms with Crippen LogP contribution in [0.3, 0.4) is 0 Å². The molecule has 8 nitrogen and oxygen atoms in total. The molecule has 3 rings (SSSR count). The van der Waals surface area contributed by atoms with Crippen LogP contribution in [0.2, 0.25) is 0 Å². The summed E-state index contributed by atoms with van der Waals surface area (Å²) in [6, 6.07) is 11.8. The second-order valence-corrected chi connectivity index (χ2v) is 7.08. The Hall–Kier alpha value is -3.20. The molecule has 0 amide bonds. The van der Waals surface area contributed by atoms with Crippen LogP contribution in [0.15, 0.2) is 52.5 Å². The summed E-state index contributed by atoms with van der Waals surface area (Å²) in [6.45, 7) is 6.41. The molecule has 0 saturated carbocycles. The van der Waals surface area contributed by atoms with Crippen molar-refractivity contribution in [3.05, 3.63) is 58.1 Å². The van der Waals surface area contributed by atoms with Crippen LogP contribution in [0, 0.1) is 10.1 Å². The first-order valence-electron chi connectivity index (χ1n) is 9.08. The molecule has 0 aliphatic carbocycles. The summed E-state index contributed by atoms with van der Waals surface area (Å²) in [4.78, 5) is 23.2. The van der Waals surface area contributed by atoms with Crippen molar-refractivity contribution in [1.29, 1.82) is 0 Å². The number of ketones is 1. The number of hydrogen-bond donors (Lipinski definition) is 0. The number of ether oxygens (including phenoxy) is 1. The summed E-state index contributed by atoms with van der Waals surface area (Å²) < 4.78 is 7.63. The summed E-state index contributed by atoms with van der Waals surface area (Å²) >= 11 is 1.25. The third kappa shape index (κ3) is 4.29. The lowest BCUT2D eigenvalue weighted by Crippen LogP contribution is -2.03. The van der Waals surface area contributed by atoms with Gasteiger partial charge in [0, 0.05) is 29.1 Å². The highest BCUT2D eigenvalue weighted by molar-refractivity contribution is 7.99. The fraction of sp³-hybridized carbons (Fsp3) is 0.250. The standard InChI is InChI=1S/C20H20N4O4S/c1-4-23-19(15-8-6-7-9-17(15)28-5-2)21-22-20(23)29-18-11-10-14(24(26)27)12-16(18)13(3)25/h6-12H,4-5H2,1-3H3.